The van der Waals surface area contributed by atoms with E-state index in [0.717, 1.165) is 6.54 Å². The second-order valence-corrected chi connectivity index (χ2v) is 6.76. The first-order valence-corrected chi connectivity index (χ1v) is 9.26. The Bertz CT molecular complexity index is 647. The summed E-state index contributed by atoms with van der Waals surface area (Å²) in [6.45, 7) is 3.87. The van der Waals surface area contributed by atoms with Crippen LogP contribution in [0.3, 0.4) is 0 Å². The summed E-state index contributed by atoms with van der Waals surface area (Å²) in [6, 6.07) is 10.1. The van der Waals surface area contributed by atoms with Crippen molar-refractivity contribution in [1.82, 2.24) is 15.4 Å². The first-order valence-electron chi connectivity index (χ1n) is 9.26. The highest BCUT2D eigenvalue weighted by molar-refractivity contribution is 5.78. The second kappa shape index (κ2) is 9.37. The molecule has 0 spiro atoms. The molecule has 0 aliphatic carbocycles. The molecule has 0 bridgehead atoms. The van der Waals surface area contributed by atoms with E-state index in [-0.39, 0.29) is 12.3 Å². The molecule has 0 unspecified atom stereocenters. The summed E-state index contributed by atoms with van der Waals surface area (Å²) in [5.41, 5.74) is 3.16. The van der Waals surface area contributed by atoms with Gasteiger partial charge in [-0.05, 0) is 37.1 Å². The minimum atomic E-state index is -0.0324. The van der Waals surface area contributed by atoms with Crippen molar-refractivity contribution in [3.05, 3.63) is 53.4 Å². The van der Waals surface area contributed by atoms with E-state index in [0.29, 0.717) is 12.2 Å². The zero-order chi connectivity index (χ0) is 17.3. The summed E-state index contributed by atoms with van der Waals surface area (Å²) >= 11 is 0. The Kier molecular flexibility index (Phi) is 6.63. The molecule has 25 heavy (non-hydrogen) atoms. The summed E-state index contributed by atoms with van der Waals surface area (Å²) in [5.74, 6) is -0.0324. The molecule has 1 N–H and O–H groups in total. The van der Waals surface area contributed by atoms with Crippen LogP contribution in [0.4, 0.5) is 0 Å². The molecule has 0 saturated carbocycles. The lowest BCUT2D eigenvalue weighted by molar-refractivity contribution is -0.120. The average Bonchev–Trinajstić information content (AvgIpc) is 3.09. The van der Waals surface area contributed by atoms with Crippen LogP contribution in [0.15, 0.2) is 41.1 Å². The number of aromatic nitrogens is 1. The molecule has 1 aliphatic rings. The van der Waals surface area contributed by atoms with E-state index in [4.69, 9.17) is 4.52 Å². The van der Waals surface area contributed by atoms with Gasteiger partial charge >= 0.3 is 0 Å². The maximum atomic E-state index is 12.1. The minimum absolute atomic E-state index is 0.0324. The van der Waals surface area contributed by atoms with Gasteiger partial charge in [-0.25, -0.2) is 0 Å². The summed E-state index contributed by atoms with van der Waals surface area (Å²) in [7, 11) is 0. The van der Waals surface area contributed by atoms with Crippen molar-refractivity contribution in [1.29, 1.82) is 0 Å². The lowest BCUT2D eigenvalue weighted by atomic mass is 10.0. The topological polar surface area (TPSA) is 58.4 Å². The van der Waals surface area contributed by atoms with E-state index in [2.05, 4.69) is 33.6 Å². The van der Waals surface area contributed by atoms with E-state index in [9.17, 15) is 4.79 Å². The zero-order valence-corrected chi connectivity index (χ0v) is 14.7. The van der Waals surface area contributed by atoms with Gasteiger partial charge in [0.05, 0.1) is 12.1 Å². The van der Waals surface area contributed by atoms with Crippen LogP contribution in [0.1, 0.15) is 48.9 Å². The van der Waals surface area contributed by atoms with Crippen LogP contribution in [-0.2, 0) is 24.3 Å². The van der Waals surface area contributed by atoms with Gasteiger partial charge in [-0.3, -0.25) is 9.69 Å². The summed E-state index contributed by atoms with van der Waals surface area (Å²) in [5, 5.41) is 6.78. The average molecular weight is 341 g/mol. The van der Waals surface area contributed by atoms with Gasteiger partial charge in [0.1, 0.15) is 6.26 Å². The van der Waals surface area contributed by atoms with Crippen molar-refractivity contribution in [2.45, 2.75) is 51.6 Å². The molecule has 2 heterocycles. The number of nitrogens with one attached hydrogen (secondary N) is 1. The number of benzene rings is 1. The lowest BCUT2D eigenvalue weighted by Crippen LogP contribution is -2.29. The summed E-state index contributed by atoms with van der Waals surface area (Å²) < 4.78 is 4.77. The second-order valence-electron chi connectivity index (χ2n) is 6.76. The van der Waals surface area contributed by atoms with Crippen LogP contribution in [0.25, 0.3) is 0 Å². The Hall–Kier alpha value is -2.14. The van der Waals surface area contributed by atoms with Crippen LogP contribution in [0.2, 0.25) is 0 Å². The molecule has 5 nitrogen and oxygen atoms in total. The molecule has 134 valence electrons. The lowest BCUT2D eigenvalue weighted by Gasteiger charge is -2.25. The number of likely N-dealkylation sites (tertiary alicyclic amines) is 1. The highest BCUT2D eigenvalue weighted by Gasteiger charge is 2.12. The number of carbonyl (C=O) groups excluding carboxylic acids is 1. The van der Waals surface area contributed by atoms with Crippen molar-refractivity contribution in [2.24, 2.45) is 0 Å². The summed E-state index contributed by atoms with van der Waals surface area (Å²) in [6.07, 6.45) is 8.38. The van der Waals surface area contributed by atoms with Crippen molar-refractivity contribution >= 4 is 5.91 Å². The molecular weight excluding hydrogens is 314 g/mol. The number of hydrogen-bond acceptors (Lipinski definition) is 4. The predicted molar refractivity (Wildman–Crippen MR) is 96.9 cm³/mol. The maximum Gasteiger partial charge on any atom is 0.226 e. The molecule has 1 amide bonds. The summed E-state index contributed by atoms with van der Waals surface area (Å²) in [4.78, 5) is 14.6. The van der Waals surface area contributed by atoms with Crippen molar-refractivity contribution in [3.63, 3.8) is 0 Å². The number of carbonyl (C=O) groups is 1. The van der Waals surface area contributed by atoms with Gasteiger partial charge in [-0.15, -0.1) is 0 Å². The Morgan fingerprint density at radius 1 is 1.04 bits per heavy atom. The molecule has 0 radical (unpaired) electrons. The van der Waals surface area contributed by atoms with E-state index in [1.54, 1.807) is 6.07 Å². The molecule has 1 aromatic heterocycles. The Morgan fingerprint density at radius 2 is 1.76 bits per heavy atom. The van der Waals surface area contributed by atoms with Crippen LogP contribution in [-0.4, -0.2) is 29.1 Å². The fourth-order valence-electron chi connectivity index (χ4n) is 3.35. The normalized spacial score (nSPS) is 16.2. The Labute approximate surface area is 149 Å². The quantitative estimate of drug-likeness (QED) is 0.876. The number of amides is 1. The molecule has 1 saturated heterocycles. The van der Waals surface area contributed by atoms with Gasteiger partial charge in [0.15, 0.2) is 0 Å². The maximum absolute atomic E-state index is 12.1. The largest absolute Gasteiger partial charge is 0.364 e. The van der Waals surface area contributed by atoms with E-state index < -0.39 is 0 Å². The fraction of sp³-hybridized carbons (Fsp3) is 0.500. The van der Waals surface area contributed by atoms with Crippen LogP contribution in [0.5, 0.6) is 0 Å². The molecule has 1 aliphatic heterocycles. The molecule has 0 atom stereocenters. The third-order valence-electron chi connectivity index (χ3n) is 4.77. The van der Waals surface area contributed by atoms with E-state index >= 15 is 0 Å². The van der Waals surface area contributed by atoms with Gasteiger partial charge in [0.2, 0.25) is 5.91 Å². The first kappa shape index (κ1) is 17.7. The number of nitrogens with zero attached hydrogens (tertiary/aromatic N) is 2. The van der Waals surface area contributed by atoms with E-state index in [1.807, 2.05) is 6.07 Å². The molecule has 5 heteroatoms. The van der Waals surface area contributed by atoms with Gasteiger partial charge < -0.3 is 9.84 Å². The van der Waals surface area contributed by atoms with Gasteiger partial charge in [-0.1, -0.05) is 48.7 Å². The SMILES string of the molecule is O=C(Cc1ccon1)NCc1ccccc1CN1CCCCCCC1. The smallest absolute Gasteiger partial charge is 0.226 e. The van der Waals surface area contributed by atoms with Crippen LogP contribution >= 0.6 is 0 Å². The zero-order valence-electron chi connectivity index (χ0n) is 14.7. The van der Waals surface area contributed by atoms with Crippen LogP contribution < -0.4 is 5.32 Å². The van der Waals surface area contributed by atoms with Gasteiger partial charge in [0, 0.05) is 19.2 Å². The number of hydrogen-bond donors (Lipinski definition) is 1. The Balaban J connectivity index is 1.55. The third-order valence-corrected chi connectivity index (χ3v) is 4.77. The van der Waals surface area contributed by atoms with Crippen molar-refractivity contribution in [3.8, 4) is 0 Å². The van der Waals surface area contributed by atoms with Crippen molar-refractivity contribution in [2.75, 3.05) is 13.1 Å². The highest BCUT2D eigenvalue weighted by atomic mass is 16.5. The van der Waals surface area contributed by atoms with Crippen molar-refractivity contribution < 1.29 is 9.32 Å². The molecule has 3 rings (SSSR count). The molecular formula is C20H27N3O2. The van der Waals surface area contributed by atoms with E-state index in [1.165, 1.54) is 62.6 Å². The minimum Gasteiger partial charge on any atom is -0.364 e. The third kappa shape index (κ3) is 5.71. The predicted octanol–water partition coefficient (Wildman–Crippen LogP) is 3.30. The Morgan fingerprint density at radius 3 is 2.48 bits per heavy atom. The molecule has 1 aromatic carbocycles. The first-order chi connectivity index (χ1) is 12.3. The molecule has 2 aromatic rings. The van der Waals surface area contributed by atoms with Crippen LogP contribution in [0, 0.1) is 0 Å². The monoisotopic (exact) mass is 341 g/mol. The highest BCUT2D eigenvalue weighted by Crippen LogP contribution is 2.16. The standard InChI is InChI=1S/C20H27N3O2/c24-20(14-19-10-13-25-22-19)21-15-17-8-4-5-9-18(17)16-23-11-6-2-1-3-7-12-23/h4-5,8-10,13H,1-3,6-7,11-12,14-16H2,(H,21,24). The van der Waals surface area contributed by atoms with Gasteiger partial charge in [0.25, 0.3) is 0 Å². The number of rotatable bonds is 6. The molecule has 1 fully saturated rings. The fourth-order valence-corrected chi connectivity index (χ4v) is 3.35. The van der Waals surface area contributed by atoms with Gasteiger partial charge in [-0.2, -0.15) is 0 Å².